The van der Waals surface area contributed by atoms with Crippen molar-refractivity contribution < 1.29 is 18.7 Å². The summed E-state index contributed by atoms with van der Waals surface area (Å²) in [5.41, 5.74) is 2.82. The Morgan fingerprint density at radius 2 is 2.26 bits per heavy atom. The molecule has 1 aromatic heterocycles. The number of benzene rings is 1. The first-order chi connectivity index (χ1) is 11.1. The maximum atomic E-state index is 12.6. The average molecular weight is 314 g/mol. The molecule has 2 saturated heterocycles. The van der Waals surface area contributed by atoms with E-state index < -0.39 is 0 Å². The summed E-state index contributed by atoms with van der Waals surface area (Å²) in [7, 11) is 0. The zero-order valence-corrected chi connectivity index (χ0v) is 12.9. The Hall–Kier alpha value is -2.34. The van der Waals surface area contributed by atoms with Gasteiger partial charge in [0.15, 0.2) is 0 Å². The number of hydrogen-bond donors (Lipinski definition) is 1. The summed E-state index contributed by atoms with van der Waals surface area (Å²) in [6.07, 6.45) is 1.85. The van der Waals surface area contributed by atoms with E-state index in [0.717, 1.165) is 22.1 Å². The molecule has 0 aliphatic carbocycles. The second-order valence-electron chi connectivity index (χ2n) is 6.26. The number of aryl methyl sites for hydroxylation is 1. The smallest absolute Gasteiger partial charge is 0.246 e. The summed E-state index contributed by atoms with van der Waals surface area (Å²) >= 11 is 0. The highest BCUT2D eigenvalue weighted by atomic mass is 16.5. The Balaban J connectivity index is 1.48. The fourth-order valence-electron chi connectivity index (χ4n) is 3.32. The van der Waals surface area contributed by atoms with E-state index in [9.17, 15) is 9.59 Å². The number of nitrogens with one attached hydrogen (secondary N) is 1. The van der Waals surface area contributed by atoms with Crippen LogP contribution < -0.4 is 5.32 Å². The second kappa shape index (κ2) is 5.38. The van der Waals surface area contributed by atoms with Crippen molar-refractivity contribution in [3.05, 3.63) is 35.6 Å². The van der Waals surface area contributed by atoms with Crippen molar-refractivity contribution in [2.24, 2.45) is 0 Å². The van der Waals surface area contributed by atoms with E-state index in [1.807, 2.05) is 25.1 Å². The van der Waals surface area contributed by atoms with E-state index in [0.29, 0.717) is 19.5 Å². The van der Waals surface area contributed by atoms with Crippen LogP contribution in [0.5, 0.6) is 0 Å². The predicted octanol–water partition coefficient (Wildman–Crippen LogP) is 1.01. The van der Waals surface area contributed by atoms with Crippen LogP contribution in [-0.4, -0.2) is 48.6 Å². The van der Waals surface area contributed by atoms with E-state index >= 15 is 0 Å². The molecule has 2 aromatic rings. The summed E-state index contributed by atoms with van der Waals surface area (Å²) in [5.74, 6) is -0.0859. The van der Waals surface area contributed by atoms with Gasteiger partial charge in [-0.25, -0.2) is 0 Å². The average Bonchev–Trinajstić information content (AvgIpc) is 3.10. The van der Waals surface area contributed by atoms with Crippen molar-refractivity contribution in [3.63, 3.8) is 0 Å². The number of fused-ring (bicyclic) bond motifs is 2. The zero-order chi connectivity index (χ0) is 16.0. The number of carbonyl (C=O) groups excluding carboxylic acids is 2. The highest BCUT2D eigenvalue weighted by Gasteiger charge is 2.39. The van der Waals surface area contributed by atoms with Gasteiger partial charge >= 0.3 is 0 Å². The van der Waals surface area contributed by atoms with Gasteiger partial charge in [-0.15, -0.1) is 0 Å². The Morgan fingerprint density at radius 1 is 1.39 bits per heavy atom. The van der Waals surface area contributed by atoms with E-state index in [1.54, 1.807) is 11.2 Å². The summed E-state index contributed by atoms with van der Waals surface area (Å²) in [4.78, 5) is 25.7. The normalized spacial score (nSPS) is 23.9. The van der Waals surface area contributed by atoms with Crippen LogP contribution in [-0.2, 0) is 20.7 Å². The third-order valence-corrected chi connectivity index (χ3v) is 4.55. The number of furan rings is 1. The number of amides is 2. The summed E-state index contributed by atoms with van der Waals surface area (Å²) in [5, 5.41) is 3.86. The third-order valence-electron chi connectivity index (χ3n) is 4.55. The standard InChI is InChI=1S/C17H18N2O4/c1-10-2-3-12-11(8-22-14(12)4-10)5-17(21)19-6-13-15(7-19)23-9-16(20)18-13/h2-4,8,13,15H,5-7,9H2,1H3,(H,18,20)/t13-,15-/m0/s1. The molecule has 23 heavy (non-hydrogen) atoms. The molecule has 3 heterocycles. The lowest BCUT2D eigenvalue weighted by atomic mass is 10.1. The molecular formula is C17H18N2O4. The van der Waals surface area contributed by atoms with Crippen molar-refractivity contribution in [2.45, 2.75) is 25.5 Å². The van der Waals surface area contributed by atoms with Crippen LogP contribution in [0.2, 0.25) is 0 Å². The molecule has 2 aliphatic rings. The molecule has 6 nitrogen and oxygen atoms in total. The van der Waals surface area contributed by atoms with Crippen LogP contribution in [0.25, 0.3) is 11.0 Å². The minimum Gasteiger partial charge on any atom is -0.464 e. The van der Waals surface area contributed by atoms with Crippen LogP contribution in [0, 0.1) is 6.92 Å². The summed E-state index contributed by atoms with van der Waals surface area (Å²) in [6.45, 7) is 3.12. The van der Waals surface area contributed by atoms with Crippen LogP contribution in [0.15, 0.2) is 28.9 Å². The van der Waals surface area contributed by atoms with Crippen molar-refractivity contribution in [3.8, 4) is 0 Å². The lowest BCUT2D eigenvalue weighted by Gasteiger charge is -2.24. The molecule has 0 saturated carbocycles. The van der Waals surface area contributed by atoms with Gasteiger partial charge in [0.2, 0.25) is 11.8 Å². The van der Waals surface area contributed by atoms with Gasteiger partial charge in [0.05, 0.1) is 24.8 Å². The van der Waals surface area contributed by atoms with E-state index in [2.05, 4.69) is 5.32 Å². The maximum absolute atomic E-state index is 12.6. The number of hydrogen-bond acceptors (Lipinski definition) is 4. The minimum atomic E-state index is -0.114. The Labute approximate surface area is 133 Å². The first-order valence-corrected chi connectivity index (χ1v) is 7.75. The van der Waals surface area contributed by atoms with E-state index in [-0.39, 0.29) is 30.6 Å². The molecule has 2 fully saturated rings. The van der Waals surface area contributed by atoms with Gasteiger partial charge in [0.25, 0.3) is 0 Å². The van der Waals surface area contributed by atoms with Crippen LogP contribution in [0.1, 0.15) is 11.1 Å². The van der Waals surface area contributed by atoms with Gasteiger partial charge in [-0.2, -0.15) is 0 Å². The van der Waals surface area contributed by atoms with Crippen molar-refractivity contribution >= 4 is 22.8 Å². The fourth-order valence-corrected chi connectivity index (χ4v) is 3.32. The van der Waals surface area contributed by atoms with Gasteiger partial charge in [-0.3, -0.25) is 9.59 Å². The first kappa shape index (κ1) is 14.3. The van der Waals surface area contributed by atoms with Gasteiger partial charge < -0.3 is 19.4 Å². The Morgan fingerprint density at radius 3 is 3.13 bits per heavy atom. The van der Waals surface area contributed by atoms with Gasteiger partial charge in [0.1, 0.15) is 12.2 Å². The summed E-state index contributed by atoms with van der Waals surface area (Å²) < 4.78 is 11.0. The van der Waals surface area contributed by atoms with Crippen LogP contribution in [0.3, 0.4) is 0 Å². The number of rotatable bonds is 2. The number of likely N-dealkylation sites (tertiary alicyclic amines) is 1. The van der Waals surface area contributed by atoms with Crippen LogP contribution >= 0.6 is 0 Å². The quantitative estimate of drug-likeness (QED) is 0.898. The highest BCUT2D eigenvalue weighted by Crippen LogP contribution is 2.24. The van der Waals surface area contributed by atoms with Crippen LogP contribution in [0.4, 0.5) is 0 Å². The fraction of sp³-hybridized carbons (Fsp3) is 0.412. The number of morpholine rings is 1. The summed E-state index contributed by atoms with van der Waals surface area (Å²) in [6, 6.07) is 5.88. The lowest BCUT2D eigenvalue weighted by Crippen LogP contribution is -2.50. The minimum absolute atomic E-state index is 0.0283. The Kier molecular flexibility index (Phi) is 3.34. The van der Waals surface area contributed by atoms with Gasteiger partial charge in [0, 0.05) is 24.0 Å². The maximum Gasteiger partial charge on any atom is 0.246 e. The largest absolute Gasteiger partial charge is 0.464 e. The number of ether oxygens (including phenoxy) is 1. The molecule has 0 unspecified atom stereocenters. The molecule has 2 aliphatic heterocycles. The molecule has 1 N–H and O–H groups in total. The van der Waals surface area contributed by atoms with Crippen molar-refractivity contribution in [2.75, 3.05) is 19.7 Å². The second-order valence-corrected chi connectivity index (χ2v) is 6.26. The lowest BCUT2D eigenvalue weighted by molar-refractivity contribution is -0.134. The van der Waals surface area contributed by atoms with E-state index in [4.69, 9.17) is 9.15 Å². The topological polar surface area (TPSA) is 71.8 Å². The monoisotopic (exact) mass is 314 g/mol. The number of nitrogens with zero attached hydrogens (tertiary/aromatic N) is 1. The molecule has 0 radical (unpaired) electrons. The SMILES string of the molecule is Cc1ccc2c(CC(=O)N3C[C@@H]4NC(=O)CO[C@H]4C3)coc2c1. The predicted molar refractivity (Wildman–Crippen MR) is 82.9 cm³/mol. The van der Waals surface area contributed by atoms with Crippen molar-refractivity contribution in [1.29, 1.82) is 0 Å². The highest BCUT2D eigenvalue weighted by molar-refractivity contribution is 5.88. The van der Waals surface area contributed by atoms with Gasteiger partial charge in [-0.1, -0.05) is 12.1 Å². The molecule has 4 rings (SSSR count). The molecular weight excluding hydrogens is 296 g/mol. The number of carbonyl (C=O) groups is 2. The van der Waals surface area contributed by atoms with Gasteiger partial charge in [-0.05, 0) is 18.6 Å². The zero-order valence-electron chi connectivity index (χ0n) is 12.9. The molecule has 2 amide bonds. The molecule has 2 atom stereocenters. The molecule has 120 valence electrons. The molecule has 0 spiro atoms. The van der Waals surface area contributed by atoms with E-state index in [1.165, 1.54) is 0 Å². The molecule has 0 bridgehead atoms. The van der Waals surface area contributed by atoms with Crippen molar-refractivity contribution in [1.82, 2.24) is 10.2 Å². The third kappa shape index (κ3) is 2.59. The Bertz CT molecular complexity index is 782. The first-order valence-electron chi connectivity index (χ1n) is 7.75. The molecule has 6 heteroatoms. The molecule has 1 aromatic carbocycles.